The molecule has 1 aliphatic carbocycles. The molecule has 2 N–H and O–H groups in total. The summed E-state index contributed by atoms with van der Waals surface area (Å²) in [5.74, 6) is 0.412. The minimum atomic E-state index is -0.455. The molecule has 2 unspecified atom stereocenters. The Balaban J connectivity index is 1.69. The molecular weight excluding hydrogens is 336 g/mol. The van der Waals surface area contributed by atoms with Gasteiger partial charge in [0, 0.05) is 18.2 Å². The second kappa shape index (κ2) is 8.82. The first kappa shape index (κ1) is 19.1. The third-order valence-corrected chi connectivity index (χ3v) is 5.43. The minimum absolute atomic E-state index is 0.0112. The number of halogens is 2. The van der Waals surface area contributed by atoms with E-state index in [9.17, 15) is 8.78 Å². The standard InChI is InChI=1S/C20H29F2N3O/c1-14(15-6-4-3-5-7-15)25-20(11-18(24-25)12-23-2)26-13-16-10-17(21)8-9-19(16)22/h8-11,14-15,18,23-24H,3-7,12-13H2,1-2H3. The SMILES string of the molecule is CNCC1C=C(OCc2cc(F)ccc2F)N(C(C)C2CCCCC2)N1. The van der Waals surface area contributed by atoms with Crippen LogP contribution in [0.4, 0.5) is 8.78 Å². The summed E-state index contributed by atoms with van der Waals surface area (Å²) in [7, 11) is 1.91. The van der Waals surface area contributed by atoms with E-state index in [2.05, 4.69) is 22.7 Å². The highest BCUT2D eigenvalue weighted by molar-refractivity contribution is 5.18. The van der Waals surface area contributed by atoms with Gasteiger partial charge in [0.25, 0.3) is 0 Å². The van der Waals surface area contributed by atoms with Crippen LogP contribution in [0.3, 0.4) is 0 Å². The largest absolute Gasteiger partial charge is 0.473 e. The van der Waals surface area contributed by atoms with Gasteiger partial charge >= 0.3 is 0 Å². The molecule has 0 spiro atoms. The first-order valence-corrected chi connectivity index (χ1v) is 9.57. The second-order valence-electron chi connectivity index (χ2n) is 7.33. The highest BCUT2D eigenvalue weighted by atomic mass is 19.1. The lowest BCUT2D eigenvalue weighted by Gasteiger charge is -2.36. The van der Waals surface area contributed by atoms with Crippen molar-refractivity contribution in [1.29, 1.82) is 0 Å². The van der Waals surface area contributed by atoms with Gasteiger partial charge in [-0.25, -0.2) is 14.2 Å². The monoisotopic (exact) mass is 365 g/mol. The van der Waals surface area contributed by atoms with Crippen LogP contribution < -0.4 is 10.7 Å². The molecule has 2 aliphatic rings. The maximum Gasteiger partial charge on any atom is 0.202 e. The molecule has 26 heavy (non-hydrogen) atoms. The molecule has 6 heteroatoms. The molecule has 1 saturated carbocycles. The van der Waals surface area contributed by atoms with Crippen molar-refractivity contribution in [3.8, 4) is 0 Å². The lowest BCUT2D eigenvalue weighted by molar-refractivity contribution is 0.0311. The summed E-state index contributed by atoms with van der Waals surface area (Å²) in [4.78, 5) is 0. The number of hydrogen-bond acceptors (Lipinski definition) is 4. The highest BCUT2D eigenvalue weighted by Gasteiger charge is 2.32. The van der Waals surface area contributed by atoms with Gasteiger partial charge in [-0.05, 0) is 57.0 Å². The molecule has 3 rings (SSSR count). The molecule has 2 atom stereocenters. The van der Waals surface area contributed by atoms with Crippen LogP contribution in [0, 0.1) is 17.6 Å². The normalized spacial score (nSPS) is 22.4. The van der Waals surface area contributed by atoms with Crippen LogP contribution in [0.5, 0.6) is 0 Å². The van der Waals surface area contributed by atoms with E-state index in [1.54, 1.807) is 0 Å². The van der Waals surface area contributed by atoms with E-state index < -0.39 is 11.6 Å². The maximum atomic E-state index is 13.9. The zero-order chi connectivity index (χ0) is 18.5. The van der Waals surface area contributed by atoms with Crippen LogP contribution in [-0.4, -0.2) is 30.7 Å². The summed E-state index contributed by atoms with van der Waals surface area (Å²) < 4.78 is 33.2. The number of likely N-dealkylation sites (N-methyl/N-ethyl adjacent to an activating group) is 1. The molecule has 144 valence electrons. The van der Waals surface area contributed by atoms with Crippen LogP contribution >= 0.6 is 0 Å². The van der Waals surface area contributed by atoms with E-state index in [0.717, 1.165) is 18.7 Å². The number of nitrogens with one attached hydrogen (secondary N) is 2. The van der Waals surface area contributed by atoms with Gasteiger partial charge in [0.1, 0.15) is 18.2 Å². The zero-order valence-corrected chi connectivity index (χ0v) is 15.6. The Hall–Kier alpha value is -1.66. The maximum absolute atomic E-state index is 13.9. The minimum Gasteiger partial charge on any atom is -0.473 e. The molecule has 1 aromatic rings. The fourth-order valence-corrected chi connectivity index (χ4v) is 3.93. The molecule has 0 saturated heterocycles. The molecule has 1 aromatic carbocycles. The summed E-state index contributed by atoms with van der Waals surface area (Å²) >= 11 is 0. The van der Waals surface area contributed by atoms with Crippen molar-refractivity contribution in [3.63, 3.8) is 0 Å². The summed E-state index contributed by atoms with van der Waals surface area (Å²) in [5, 5.41) is 5.24. The quantitative estimate of drug-likeness (QED) is 0.773. The second-order valence-corrected chi connectivity index (χ2v) is 7.33. The van der Waals surface area contributed by atoms with E-state index in [1.807, 2.05) is 13.1 Å². The number of rotatable bonds is 7. The Bertz CT molecular complexity index is 631. The Morgan fingerprint density at radius 1 is 1.27 bits per heavy atom. The van der Waals surface area contributed by atoms with Crippen molar-refractivity contribution in [2.24, 2.45) is 5.92 Å². The summed E-state index contributed by atoms with van der Waals surface area (Å²) in [6.45, 7) is 3.00. The molecule has 1 aliphatic heterocycles. The average molecular weight is 365 g/mol. The van der Waals surface area contributed by atoms with Gasteiger partial charge < -0.3 is 10.1 Å². The van der Waals surface area contributed by atoms with E-state index in [1.165, 1.54) is 38.2 Å². The molecule has 0 amide bonds. The van der Waals surface area contributed by atoms with Crippen LogP contribution in [0.25, 0.3) is 0 Å². The number of benzene rings is 1. The smallest absolute Gasteiger partial charge is 0.202 e. The van der Waals surface area contributed by atoms with Crippen molar-refractivity contribution in [3.05, 3.63) is 47.4 Å². The fourth-order valence-electron chi connectivity index (χ4n) is 3.93. The van der Waals surface area contributed by atoms with Gasteiger partial charge in [-0.15, -0.1) is 0 Å². The highest BCUT2D eigenvalue weighted by Crippen LogP contribution is 2.31. The Morgan fingerprint density at radius 2 is 2.04 bits per heavy atom. The van der Waals surface area contributed by atoms with Crippen molar-refractivity contribution in [2.75, 3.05) is 13.6 Å². The Kier molecular flexibility index (Phi) is 6.48. The summed E-state index contributed by atoms with van der Waals surface area (Å²) in [6.07, 6.45) is 8.34. The van der Waals surface area contributed by atoms with Crippen LogP contribution in [-0.2, 0) is 11.3 Å². The summed E-state index contributed by atoms with van der Waals surface area (Å²) in [6, 6.07) is 3.87. The van der Waals surface area contributed by atoms with Crippen LogP contribution in [0.1, 0.15) is 44.6 Å². The predicted molar refractivity (Wildman–Crippen MR) is 98.0 cm³/mol. The average Bonchev–Trinajstić information content (AvgIpc) is 3.05. The Morgan fingerprint density at radius 3 is 2.77 bits per heavy atom. The molecule has 1 heterocycles. The number of ether oxygens (including phenoxy) is 1. The molecule has 0 bridgehead atoms. The zero-order valence-electron chi connectivity index (χ0n) is 15.6. The molecule has 0 radical (unpaired) electrons. The topological polar surface area (TPSA) is 36.5 Å². The molecule has 1 fully saturated rings. The number of hydrazine groups is 1. The fraction of sp³-hybridized carbons (Fsp3) is 0.600. The third-order valence-electron chi connectivity index (χ3n) is 5.43. The van der Waals surface area contributed by atoms with Gasteiger partial charge in [-0.3, -0.25) is 5.01 Å². The van der Waals surface area contributed by atoms with Gasteiger partial charge in [0.15, 0.2) is 0 Å². The van der Waals surface area contributed by atoms with E-state index >= 15 is 0 Å². The third kappa shape index (κ3) is 4.54. The van der Waals surface area contributed by atoms with Crippen LogP contribution in [0.2, 0.25) is 0 Å². The number of nitrogens with zero attached hydrogens (tertiary/aromatic N) is 1. The van der Waals surface area contributed by atoms with E-state index in [0.29, 0.717) is 17.8 Å². The molecular formula is C20H29F2N3O. The molecule has 0 aromatic heterocycles. The lowest BCUT2D eigenvalue weighted by atomic mass is 9.84. The van der Waals surface area contributed by atoms with Crippen molar-refractivity contribution < 1.29 is 13.5 Å². The van der Waals surface area contributed by atoms with E-state index in [4.69, 9.17) is 4.74 Å². The van der Waals surface area contributed by atoms with Crippen molar-refractivity contribution >= 4 is 0 Å². The molecule has 4 nitrogen and oxygen atoms in total. The Labute approximate surface area is 154 Å². The van der Waals surface area contributed by atoms with Gasteiger partial charge in [0.2, 0.25) is 5.88 Å². The van der Waals surface area contributed by atoms with Gasteiger partial charge in [-0.2, -0.15) is 0 Å². The van der Waals surface area contributed by atoms with Gasteiger partial charge in [0.05, 0.1) is 6.04 Å². The van der Waals surface area contributed by atoms with E-state index in [-0.39, 0.29) is 18.2 Å². The number of hydrogen-bond donors (Lipinski definition) is 2. The summed E-state index contributed by atoms with van der Waals surface area (Å²) in [5.41, 5.74) is 3.72. The lowest BCUT2D eigenvalue weighted by Crippen LogP contribution is -2.48. The van der Waals surface area contributed by atoms with Crippen molar-refractivity contribution in [1.82, 2.24) is 15.8 Å². The predicted octanol–water partition coefficient (Wildman–Crippen LogP) is 3.70. The van der Waals surface area contributed by atoms with Crippen LogP contribution in [0.15, 0.2) is 30.2 Å². The van der Waals surface area contributed by atoms with Crippen molar-refractivity contribution in [2.45, 2.75) is 57.7 Å². The first-order chi connectivity index (χ1) is 12.6. The first-order valence-electron chi connectivity index (χ1n) is 9.57. The van der Waals surface area contributed by atoms with Gasteiger partial charge in [-0.1, -0.05) is 19.3 Å².